The Morgan fingerprint density at radius 3 is 1.17 bits per heavy atom. The molecule has 0 unspecified atom stereocenters. The topological polar surface area (TPSA) is 124 Å². The largest absolute Gasteiger partial charge is 0.513 e. The second-order valence-electron chi connectivity index (χ2n) is 11.8. The average Bonchev–Trinajstić information content (AvgIpc) is 3.16. The lowest BCUT2D eigenvalue weighted by Crippen LogP contribution is -2.30. The molecule has 0 aromatic heterocycles. The van der Waals surface area contributed by atoms with Gasteiger partial charge < -0.3 is 28.4 Å². The smallest absolute Gasteiger partial charge is 0.434 e. The van der Waals surface area contributed by atoms with E-state index in [4.69, 9.17) is 28.4 Å². The lowest BCUT2D eigenvalue weighted by atomic mass is 9.82. The summed E-state index contributed by atoms with van der Waals surface area (Å²) in [7, 11) is 0. The normalized spacial score (nSPS) is 15.2. The molecule has 0 amide bonds. The third-order valence-corrected chi connectivity index (χ3v) is 10.1. The molecule has 0 heterocycles. The van der Waals surface area contributed by atoms with Crippen LogP contribution in [0.2, 0.25) is 0 Å². The minimum Gasteiger partial charge on any atom is -0.434 e. The molecular formula is C40H40O10S2. The Kier molecular flexibility index (Phi) is 15.3. The SMILES string of the molecule is O=C(OCCCSc1ccc(OC(=O)[C@H]2CC[C@H](C(=O)Oc3ccc(SCCCOC(=O)Oc4ccccc4)cc3)CC2)cc1)Oc1ccccc1. The van der Waals surface area contributed by atoms with E-state index in [0.717, 1.165) is 21.3 Å². The summed E-state index contributed by atoms with van der Waals surface area (Å²) >= 11 is 3.21. The zero-order valence-electron chi connectivity index (χ0n) is 28.5. The van der Waals surface area contributed by atoms with Gasteiger partial charge in [0.2, 0.25) is 0 Å². The van der Waals surface area contributed by atoms with Crippen LogP contribution >= 0.6 is 23.5 Å². The van der Waals surface area contributed by atoms with E-state index in [1.165, 1.54) is 0 Å². The Morgan fingerprint density at radius 2 is 0.808 bits per heavy atom. The highest BCUT2D eigenvalue weighted by molar-refractivity contribution is 7.99. The third kappa shape index (κ3) is 13.3. The summed E-state index contributed by atoms with van der Waals surface area (Å²) in [6.45, 7) is 0.496. The van der Waals surface area contributed by atoms with Gasteiger partial charge in [0.1, 0.15) is 23.0 Å². The van der Waals surface area contributed by atoms with Crippen LogP contribution in [0.4, 0.5) is 9.59 Å². The van der Waals surface area contributed by atoms with Crippen LogP contribution in [0.5, 0.6) is 23.0 Å². The van der Waals surface area contributed by atoms with Gasteiger partial charge in [0, 0.05) is 21.3 Å². The first-order chi connectivity index (χ1) is 25.4. The molecule has 5 rings (SSSR count). The van der Waals surface area contributed by atoms with E-state index in [9.17, 15) is 19.2 Å². The summed E-state index contributed by atoms with van der Waals surface area (Å²) < 4.78 is 31.7. The zero-order valence-corrected chi connectivity index (χ0v) is 30.2. The number of thioether (sulfide) groups is 2. The molecule has 4 aromatic rings. The van der Waals surface area contributed by atoms with Crippen molar-refractivity contribution >= 4 is 47.8 Å². The molecule has 0 spiro atoms. The van der Waals surface area contributed by atoms with Crippen LogP contribution in [0.25, 0.3) is 0 Å². The summed E-state index contributed by atoms with van der Waals surface area (Å²) in [5, 5.41) is 0. The van der Waals surface area contributed by atoms with Crippen molar-refractivity contribution in [1.29, 1.82) is 0 Å². The molecule has 12 heteroatoms. The fraction of sp³-hybridized carbons (Fsp3) is 0.300. The molecule has 1 fully saturated rings. The second-order valence-corrected chi connectivity index (χ2v) is 14.1. The number of hydrogen-bond acceptors (Lipinski definition) is 12. The summed E-state index contributed by atoms with van der Waals surface area (Å²) in [5.41, 5.74) is 0. The van der Waals surface area contributed by atoms with E-state index >= 15 is 0 Å². The fourth-order valence-corrected chi connectivity index (χ4v) is 6.86. The molecule has 1 aliphatic rings. The second kappa shape index (κ2) is 20.8. The Balaban J connectivity index is 0.914. The van der Waals surface area contributed by atoms with Gasteiger partial charge in [0.05, 0.1) is 25.0 Å². The van der Waals surface area contributed by atoms with Gasteiger partial charge in [-0.1, -0.05) is 36.4 Å². The van der Waals surface area contributed by atoms with Crippen molar-refractivity contribution in [2.45, 2.75) is 48.3 Å². The molecule has 0 N–H and O–H groups in total. The first-order valence-corrected chi connectivity index (χ1v) is 19.1. The van der Waals surface area contributed by atoms with Crippen molar-refractivity contribution in [3.8, 4) is 23.0 Å². The number of carbonyl (C=O) groups is 4. The zero-order chi connectivity index (χ0) is 36.4. The van der Waals surface area contributed by atoms with Gasteiger partial charge in [-0.15, -0.1) is 23.5 Å². The molecular weight excluding hydrogens is 705 g/mol. The number of benzene rings is 4. The number of para-hydroxylation sites is 2. The summed E-state index contributed by atoms with van der Waals surface area (Å²) in [6, 6.07) is 32.1. The summed E-state index contributed by atoms with van der Waals surface area (Å²) in [4.78, 5) is 51.2. The molecule has 0 atom stereocenters. The molecule has 272 valence electrons. The Morgan fingerprint density at radius 1 is 0.462 bits per heavy atom. The van der Waals surface area contributed by atoms with E-state index < -0.39 is 12.3 Å². The molecule has 0 aliphatic heterocycles. The van der Waals surface area contributed by atoms with Crippen LogP contribution in [0, 0.1) is 11.8 Å². The Labute approximate surface area is 311 Å². The number of esters is 2. The van der Waals surface area contributed by atoms with Crippen LogP contribution in [0.1, 0.15) is 38.5 Å². The Hall–Kier alpha value is -4.94. The first kappa shape index (κ1) is 38.3. The van der Waals surface area contributed by atoms with Crippen molar-refractivity contribution in [3.05, 3.63) is 109 Å². The predicted molar refractivity (Wildman–Crippen MR) is 197 cm³/mol. The van der Waals surface area contributed by atoms with E-state index in [2.05, 4.69) is 0 Å². The molecule has 0 bridgehead atoms. The highest BCUT2D eigenvalue weighted by atomic mass is 32.2. The monoisotopic (exact) mass is 744 g/mol. The maximum absolute atomic E-state index is 12.9. The van der Waals surface area contributed by atoms with E-state index in [1.807, 2.05) is 36.4 Å². The van der Waals surface area contributed by atoms with Gasteiger partial charge in [0.15, 0.2) is 0 Å². The highest BCUT2D eigenvalue weighted by Crippen LogP contribution is 2.32. The molecule has 4 aromatic carbocycles. The average molecular weight is 745 g/mol. The van der Waals surface area contributed by atoms with Crippen LogP contribution < -0.4 is 18.9 Å². The number of hydrogen-bond donors (Lipinski definition) is 0. The minimum absolute atomic E-state index is 0.248. The van der Waals surface area contributed by atoms with Crippen LogP contribution in [0.3, 0.4) is 0 Å². The lowest BCUT2D eigenvalue weighted by Gasteiger charge is -2.25. The van der Waals surface area contributed by atoms with Crippen molar-refractivity contribution in [1.82, 2.24) is 0 Å². The molecule has 52 heavy (non-hydrogen) atoms. The van der Waals surface area contributed by atoms with E-state index in [0.29, 0.717) is 61.5 Å². The quantitative estimate of drug-likeness (QED) is 0.0357. The molecule has 10 nitrogen and oxygen atoms in total. The van der Waals surface area contributed by atoms with Crippen LogP contribution in [-0.4, -0.2) is 49.0 Å². The molecule has 1 saturated carbocycles. The molecule has 1 aliphatic carbocycles. The highest BCUT2D eigenvalue weighted by Gasteiger charge is 2.32. The summed E-state index contributed by atoms with van der Waals surface area (Å²) in [6.07, 6.45) is 2.07. The van der Waals surface area contributed by atoms with Crippen LogP contribution in [-0.2, 0) is 19.1 Å². The van der Waals surface area contributed by atoms with Crippen molar-refractivity contribution < 1.29 is 47.6 Å². The Bertz CT molecular complexity index is 1580. The van der Waals surface area contributed by atoms with E-state index in [-0.39, 0.29) is 37.0 Å². The van der Waals surface area contributed by atoms with Gasteiger partial charge in [-0.25, -0.2) is 9.59 Å². The van der Waals surface area contributed by atoms with Crippen molar-refractivity contribution in [2.24, 2.45) is 11.8 Å². The van der Waals surface area contributed by atoms with Crippen molar-refractivity contribution in [2.75, 3.05) is 24.7 Å². The maximum atomic E-state index is 12.9. The van der Waals surface area contributed by atoms with Gasteiger partial charge in [0.25, 0.3) is 0 Å². The first-order valence-electron chi connectivity index (χ1n) is 17.1. The predicted octanol–water partition coefficient (Wildman–Crippen LogP) is 9.40. The summed E-state index contributed by atoms with van der Waals surface area (Å²) in [5.74, 6) is 2.16. The van der Waals surface area contributed by atoms with Gasteiger partial charge in [-0.05, 0) is 111 Å². The maximum Gasteiger partial charge on any atom is 0.513 e. The molecule has 0 radical (unpaired) electrons. The minimum atomic E-state index is -0.726. The fourth-order valence-electron chi connectivity index (χ4n) is 5.21. The van der Waals surface area contributed by atoms with Gasteiger partial charge >= 0.3 is 24.2 Å². The number of carbonyl (C=O) groups excluding carboxylic acids is 4. The van der Waals surface area contributed by atoms with Gasteiger partial charge in [-0.2, -0.15) is 0 Å². The lowest BCUT2D eigenvalue weighted by molar-refractivity contribution is -0.145. The van der Waals surface area contributed by atoms with Gasteiger partial charge in [-0.3, -0.25) is 9.59 Å². The standard InChI is InChI=1S/C40H40O10S2/c41-37(47-33-17-21-35(22-18-33)51-27-7-25-45-39(43)49-31-9-3-1-4-10-31)29-13-15-30(16-14-29)38(42)48-34-19-23-36(24-20-34)52-28-8-26-46-40(44)50-32-11-5-2-6-12-32/h1-6,9-12,17-24,29-30H,7-8,13-16,25-28H2/t29-,30-. The molecule has 0 saturated heterocycles. The van der Waals surface area contributed by atoms with Crippen LogP contribution in [0.15, 0.2) is 119 Å². The number of rotatable bonds is 16. The third-order valence-electron chi connectivity index (χ3n) is 7.92. The van der Waals surface area contributed by atoms with Crippen molar-refractivity contribution in [3.63, 3.8) is 0 Å². The van der Waals surface area contributed by atoms with E-state index in [1.54, 1.807) is 96.3 Å². The number of ether oxygens (including phenoxy) is 6.